The van der Waals surface area contributed by atoms with Crippen LogP contribution in [-0.4, -0.2) is 12.5 Å². The van der Waals surface area contributed by atoms with Crippen LogP contribution in [0.1, 0.15) is 20.7 Å². The molecule has 0 heterocycles. The third-order valence-corrected chi connectivity index (χ3v) is 2.84. The van der Waals surface area contributed by atoms with Crippen molar-refractivity contribution in [2.45, 2.75) is 0 Å². The van der Waals surface area contributed by atoms with Crippen molar-refractivity contribution in [2.24, 2.45) is 0 Å². The number of carbonyl (C=O) groups is 2. The highest BCUT2D eigenvalue weighted by atomic mass is 127. The van der Waals surface area contributed by atoms with Gasteiger partial charge in [0.1, 0.15) is 5.56 Å². The first-order valence-electron chi connectivity index (χ1n) is 3.61. The Morgan fingerprint density at radius 3 is 2.20 bits per heavy atom. The van der Waals surface area contributed by atoms with E-state index in [1.54, 1.807) is 0 Å². The van der Waals surface area contributed by atoms with Gasteiger partial charge >= 0.3 is 0 Å². The fourth-order valence-corrected chi connectivity index (χ4v) is 1.76. The standard InChI is InChI=1S/C8H3I2NO4/c9-7(12)4-1-2-5(8(10)13)6(3-4)11(14)15/h1-3H. The number of hydrogen-bond donors (Lipinski definition) is 0. The van der Waals surface area contributed by atoms with E-state index in [1.165, 1.54) is 57.3 Å². The molecule has 5 nitrogen and oxygen atoms in total. The van der Waals surface area contributed by atoms with Crippen LogP contribution in [0, 0.1) is 10.1 Å². The van der Waals surface area contributed by atoms with Gasteiger partial charge in [-0.2, -0.15) is 0 Å². The molecule has 0 aliphatic rings. The predicted octanol–water partition coefficient (Wildman–Crippen LogP) is 2.75. The molecule has 1 aromatic carbocycles. The summed E-state index contributed by atoms with van der Waals surface area (Å²) in [5.41, 5.74) is -0.123. The van der Waals surface area contributed by atoms with Crippen molar-refractivity contribution >= 4 is 58.4 Å². The van der Waals surface area contributed by atoms with E-state index < -0.39 is 8.71 Å². The molecule has 0 unspecified atom stereocenters. The van der Waals surface area contributed by atoms with Crippen molar-refractivity contribution in [3.8, 4) is 0 Å². The molecule has 0 N–H and O–H groups in total. The number of carbonyl (C=O) groups excluding carboxylic acids is 2. The Balaban J connectivity index is 3.40. The molecule has 0 bridgehead atoms. The van der Waals surface area contributed by atoms with Crippen LogP contribution in [-0.2, 0) is 0 Å². The van der Waals surface area contributed by atoms with E-state index in [0.29, 0.717) is 0 Å². The second-order valence-corrected chi connectivity index (χ2v) is 4.50. The summed E-state index contributed by atoms with van der Waals surface area (Å²) in [6, 6.07) is 3.80. The van der Waals surface area contributed by atoms with Crippen LogP contribution in [0.3, 0.4) is 0 Å². The molecule has 0 atom stereocenters. The molecule has 0 fully saturated rings. The summed E-state index contributed by atoms with van der Waals surface area (Å²) in [5, 5.41) is 10.6. The molecule has 0 spiro atoms. The number of halogens is 2. The van der Waals surface area contributed by atoms with Crippen molar-refractivity contribution in [3.05, 3.63) is 39.4 Å². The molecular weight excluding hydrogens is 428 g/mol. The molecule has 0 amide bonds. The van der Waals surface area contributed by atoms with Crippen LogP contribution >= 0.6 is 45.2 Å². The van der Waals surface area contributed by atoms with Crippen LogP contribution in [0.5, 0.6) is 0 Å². The van der Waals surface area contributed by atoms with E-state index >= 15 is 0 Å². The van der Waals surface area contributed by atoms with Crippen LogP contribution < -0.4 is 0 Å². The van der Waals surface area contributed by atoms with Crippen molar-refractivity contribution in [1.82, 2.24) is 0 Å². The molecule has 1 aromatic rings. The highest BCUT2D eigenvalue weighted by Gasteiger charge is 2.19. The van der Waals surface area contributed by atoms with Gasteiger partial charge in [0.05, 0.1) is 4.92 Å². The average Bonchev–Trinajstić information content (AvgIpc) is 2.16. The van der Waals surface area contributed by atoms with Crippen LogP contribution in [0.2, 0.25) is 0 Å². The summed E-state index contributed by atoms with van der Waals surface area (Å²) < 4.78 is -0.727. The molecule has 1 rings (SSSR count). The highest BCUT2D eigenvalue weighted by molar-refractivity contribution is 14.1. The number of hydrogen-bond acceptors (Lipinski definition) is 4. The Hall–Kier alpha value is -0.580. The third-order valence-electron chi connectivity index (χ3n) is 1.63. The fraction of sp³-hybridized carbons (Fsp3) is 0. The monoisotopic (exact) mass is 431 g/mol. The number of benzene rings is 1. The minimum Gasteiger partial charge on any atom is -0.282 e. The molecule has 0 saturated carbocycles. The van der Waals surface area contributed by atoms with Crippen molar-refractivity contribution in [1.29, 1.82) is 0 Å². The molecule has 0 aromatic heterocycles. The molecule has 0 aliphatic carbocycles. The smallest absolute Gasteiger partial charge is 0.281 e. The predicted molar refractivity (Wildman–Crippen MR) is 69.8 cm³/mol. The first-order chi connectivity index (χ1) is 6.93. The summed E-state index contributed by atoms with van der Waals surface area (Å²) in [5.74, 6) is 0. The molecule has 0 aliphatic heterocycles. The van der Waals surface area contributed by atoms with Gasteiger partial charge < -0.3 is 0 Å². The Bertz CT molecular complexity index is 458. The number of nitrogens with zero attached hydrogens (tertiary/aromatic N) is 1. The topological polar surface area (TPSA) is 77.3 Å². The summed E-state index contributed by atoms with van der Waals surface area (Å²) in [6.07, 6.45) is 0. The van der Waals surface area contributed by atoms with Crippen molar-refractivity contribution in [2.75, 3.05) is 0 Å². The SMILES string of the molecule is O=C(I)c1ccc(C(=O)I)c([N+](=O)[O-])c1. The van der Waals surface area contributed by atoms with E-state index in [9.17, 15) is 19.7 Å². The Morgan fingerprint density at radius 1 is 1.20 bits per heavy atom. The summed E-state index contributed by atoms with van der Waals surface area (Å²) in [7, 11) is 0. The quantitative estimate of drug-likeness (QED) is 0.320. The lowest BCUT2D eigenvalue weighted by atomic mass is 10.1. The Morgan fingerprint density at radius 2 is 1.80 bits per heavy atom. The van der Waals surface area contributed by atoms with Crippen molar-refractivity contribution in [3.63, 3.8) is 0 Å². The highest BCUT2D eigenvalue weighted by Crippen LogP contribution is 2.23. The molecular formula is C8H3I2NO4. The normalized spacial score (nSPS) is 9.73. The van der Waals surface area contributed by atoms with E-state index in [-0.39, 0.29) is 20.6 Å². The fourth-order valence-electron chi connectivity index (χ4n) is 0.971. The van der Waals surface area contributed by atoms with E-state index in [0.717, 1.165) is 6.07 Å². The lowest BCUT2D eigenvalue weighted by Gasteiger charge is -1.99. The largest absolute Gasteiger partial charge is 0.282 e. The molecule has 15 heavy (non-hydrogen) atoms. The third kappa shape index (κ3) is 2.93. The van der Waals surface area contributed by atoms with Gasteiger partial charge in [-0.1, -0.05) is 0 Å². The lowest BCUT2D eigenvalue weighted by Crippen LogP contribution is -2.00. The maximum absolute atomic E-state index is 11.0. The number of rotatable bonds is 3. The van der Waals surface area contributed by atoms with Gasteiger partial charge in [-0.25, -0.2) is 0 Å². The number of nitro groups is 1. The lowest BCUT2D eigenvalue weighted by molar-refractivity contribution is -0.385. The Labute approximate surface area is 112 Å². The van der Waals surface area contributed by atoms with Gasteiger partial charge in [0, 0.05) is 56.8 Å². The minimum atomic E-state index is -0.672. The summed E-state index contributed by atoms with van der Waals surface area (Å²) in [4.78, 5) is 32.0. The maximum Gasteiger partial charge on any atom is 0.281 e. The van der Waals surface area contributed by atoms with Gasteiger partial charge in [0.25, 0.3) is 5.69 Å². The average molecular weight is 431 g/mol. The first kappa shape index (κ1) is 12.5. The second kappa shape index (κ2) is 4.96. The zero-order chi connectivity index (χ0) is 11.6. The summed E-state index contributed by atoms with van der Waals surface area (Å²) >= 11 is 3.00. The Kier molecular flexibility index (Phi) is 4.13. The van der Waals surface area contributed by atoms with Crippen molar-refractivity contribution < 1.29 is 14.5 Å². The van der Waals surface area contributed by atoms with Gasteiger partial charge in [0.15, 0.2) is 0 Å². The van der Waals surface area contributed by atoms with Gasteiger partial charge in [-0.05, 0) is 12.1 Å². The first-order valence-corrected chi connectivity index (χ1v) is 5.77. The van der Waals surface area contributed by atoms with Gasteiger partial charge in [-0.15, -0.1) is 0 Å². The van der Waals surface area contributed by atoms with E-state index in [4.69, 9.17) is 0 Å². The molecule has 7 heteroatoms. The maximum atomic E-state index is 11.0. The second-order valence-electron chi connectivity index (χ2n) is 2.54. The van der Waals surface area contributed by atoms with Crippen LogP contribution in [0.25, 0.3) is 0 Å². The van der Waals surface area contributed by atoms with Crippen LogP contribution in [0.15, 0.2) is 18.2 Å². The van der Waals surface area contributed by atoms with Gasteiger partial charge in [0.2, 0.25) is 7.58 Å². The zero-order valence-electron chi connectivity index (χ0n) is 7.07. The van der Waals surface area contributed by atoms with Crippen LogP contribution in [0.4, 0.5) is 5.69 Å². The molecule has 78 valence electrons. The van der Waals surface area contributed by atoms with E-state index in [1.807, 2.05) is 0 Å². The van der Waals surface area contributed by atoms with E-state index in [2.05, 4.69) is 0 Å². The zero-order valence-corrected chi connectivity index (χ0v) is 11.4. The molecule has 0 saturated heterocycles. The minimum absolute atomic E-state index is 0.00185. The summed E-state index contributed by atoms with van der Waals surface area (Å²) in [6.45, 7) is 0. The number of nitro benzene ring substituents is 1. The van der Waals surface area contributed by atoms with Gasteiger partial charge in [-0.3, -0.25) is 19.7 Å². The molecule has 0 radical (unpaired) electrons.